The third kappa shape index (κ3) is 6.57. The monoisotopic (exact) mass is 361 g/mol. The zero-order valence-corrected chi connectivity index (χ0v) is 15.2. The molecule has 0 saturated heterocycles. The predicted octanol–water partition coefficient (Wildman–Crippen LogP) is 3.67. The Balaban J connectivity index is 0.00000312. The van der Waals surface area contributed by atoms with E-state index in [9.17, 15) is 9.59 Å². The van der Waals surface area contributed by atoms with Crippen LogP contribution >= 0.6 is 12.4 Å². The van der Waals surface area contributed by atoms with E-state index in [4.69, 9.17) is 5.73 Å². The van der Waals surface area contributed by atoms with Crippen LogP contribution in [0.3, 0.4) is 0 Å². The molecule has 4 N–H and O–H groups in total. The first kappa shape index (κ1) is 20.7. The molecule has 25 heavy (non-hydrogen) atoms. The minimum atomic E-state index is -0.536. The minimum Gasteiger partial charge on any atom is -0.325 e. The summed E-state index contributed by atoms with van der Waals surface area (Å²) in [7, 11) is 0. The number of rotatable bonds is 6. The SMILES string of the molecule is CC(C)C[C@H](N)C(=O)Nc1ccc(C(=O)Nc2ccccc2)cc1.Cl. The number of amides is 2. The van der Waals surface area contributed by atoms with Gasteiger partial charge in [0.05, 0.1) is 6.04 Å². The van der Waals surface area contributed by atoms with E-state index in [0.29, 0.717) is 23.6 Å². The van der Waals surface area contributed by atoms with Crippen molar-refractivity contribution in [3.8, 4) is 0 Å². The first-order chi connectivity index (χ1) is 11.5. The molecule has 1 atom stereocenters. The summed E-state index contributed by atoms with van der Waals surface area (Å²) in [5.41, 5.74) is 7.73. The van der Waals surface area contributed by atoms with Crippen LogP contribution in [0.4, 0.5) is 11.4 Å². The molecule has 0 fully saturated rings. The van der Waals surface area contributed by atoms with Crippen molar-refractivity contribution in [3.05, 3.63) is 60.2 Å². The quantitative estimate of drug-likeness (QED) is 0.733. The molecule has 0 aliphatic carbocycles. The molecule has 134 valence electrons. The highest BCUT2D eigenvalue weighted by Gasteiger charge is 2.15. The van der Waals surface area contributed by atoms with Crippen molar-refractivity contribution in [3.63, 3.8) is 0 Å². The molecule has 0 heterocycles. The van der Waals surface area contributed by atoms with Crippen LogP contribution < -0.4 is 16.4 Å². The van der Waals surface area contributed by atoms with E-state index in [-0.39, 0.29) is 24.2 Å². The van der Waals surface area contributed by atoms with Crippen molar-refractivity contribution in [2.45, 2.75) is 26.3 Å². The number of halogens is 1. The normalized spacial score (nSPS) is 11.4. The van der Waals surface area contributed by atoms with Gasteiger partial charge in [-0.3, -0.25) is 9.59 Å². The summed E-state index contributed by atoms with van der Waals surface area (Å²) in [4.78, 5) is 24.2. The van der Waals surface area contributed by atoms with Crippen LogP contribution in [0.15, 0.2) is 54.6 Å². The van der Waals surface area contributed by atoms with E-state index in [2.05, 4.69) is 10.6 Å². The molecule has 2 rings (SSSR count). The van der Waals surface area contributed by atoms with Crippen molar-refractivity contribution in [2.24, 2.45) is 11.7 Å². The lowest BCUT2D eigenvalue weighted by Crippen LogP contribution is -2.36. The van der Waals surface area contributed by atoms with Crippen molar-refractivity contribution in [2.75, 3.05) is 10.6 Å². The van der Waals surface area contributed by atoms with E-state index in [0.717, 1.165) is 5.69 Å². The van der Waals surface area contributed by atoms with E-state index in [1.807, 2.05) is 44.2 Å². The predicted molar refractivity (Wildman–Crippen MR) is 104 cm³/mol. The third-order valence-corrected chi connectivity index (χ3v) is 3.51. The first-order valence-corrected chi connectivity index (χ1v) is 7.98. The van der Waals surface area contributed by atoms with Crippen molar-refractivity contribution in [1.29, 1.82) is 0 Å². The number of nitrogens with two attached hydrogens (primary N) is 1. The third-order valence-electron chi connectivity index (χ3n) is 3.51. The largest absolute Gasteiger partial charge is 0.325 e. The molecule has 0 aliphatic heterocycles. The van der Waals surface area contributed by atoms with Crippen LogP contribution in [0.25, 0.3) is 0 Å². The Kier molecular flexibility index (Phi) is 8.11. The molecule has 5 nitrogen and oxygen atoms in total. The Morgan fingerprint density at radius 2 is 1.48 bits per heavy atom. The van der Waals surface area contributed by atoms with Crippen molar-refractivity contribution >= 4 is 35.6 Å². The molecular formula is C19H24ClN3O2. The number of carbonyl (C=O) groups excluding carboxylic acids is 2. The summed E-state index contributed by atoms with van der Waals surface area (Å²) in [5, 5.41) is 5.58. The second-order valence-electron chi connectivity index (χ2n) is 6.12. The number of hydrogen-bond acceptors (Lipinski definition) is 3. The van der Waals surface area contributed by atoms with Crippen molar-refractivity contribution < 1.29 is 9.59 Å². The number of para-hydroxylation sites is 1. The van der Waals surface area contributed by atoms with Crippen molar-refractivity contribution in [1.82, 2.24) is 0 Å². The van der Waals surface area contributed by atoms with Gasteiger partial charge in [-0.05, 0) is 48.7 Å². The average Bonchev–Trinajstić information content (AvgIpc) is 2.55. The number of benzene rings is 2. The van der Waals surface area contributed by atoms with E-state index >= 15 is 0 Å². The zero-order chi connectivity index (χ0) is 17.5. The molecule has 0 saturated carbocycles. The van der Waals surface area contributed by atoms with Crippen LogP contribution in [0.5, 0.6) is 0 Å². The Labute approximate surface area is 154 Å². The molecule has 0 unspecified atom stereocenters. The number of nitrogens with one attached hydrogen (secondary N) is 2. The van der Waals surface area contributed by atoms with Gasteiger partial charge in [0.25, 0.3) is 5.91 Å². The maximum atomic E-state index is 12.2. The van der Waals surface area contributed by atoms with E-state index < -0.39 is 6.04 Å². The van der Waals surface area contributed by atoms with Gasteiger partial charge in [0, 0.05) is 16.9 Å². The molecule has 0 spiro atoms. The van der Waals surface area contributed by atoms with Crippen LogP contribution in [0, 0.1) is 5.92 Å². The summed E-state index contributed by atoms with van der Waals surface area (Å²) in [6.07, 6.45) is 0.628. The lowest BCUT2D eigenvalue weighted by molar-refractivity contribution is -0.117. The molecule has 2 aromatic carbocycles. The number of hydrogen-bond donors (Lipinski definition) is 3. The van der Waals surface area contributed by atoms with Gasteiger partial charge in [-0.2, -0.15) is 0 Å². The molecule has 0 aromatic heterocycles. The summed E-state index contributed by atoms with van der Waals surface area (Å²) in [6, 6.07) is 15.4. The van der Waals surface area contributed by atoms with Gasteiger partial charge in [-0.15, -0.1) is 12.4 Å². The smallest absolute Gasteiger partial charge is 0.255 e. The summed E-state index contributed by atoms with van der Waals surface area (Å²) >= 11 is 0. The van der Waals surface area contributed by atoms with E-state index in [1.54, 1.807) is 24.3 Å². The second kappa shape index (κ2) is 9.81. The summed E-state index contributed by atoms with van der Waals surface area (Å²) in [6.45, 7) is 4.04. The fourth-order valence-electron chi connectivity index (χ4n) is 2.28. The van der Waals surface area contributed by atoms with Crippen LogP contribution in [0.2, 0.25) is 0 Å². The number of carbonyl (C=O) groups is 2. The molecular weight excluding hydrogens is 338 g/mol. The van der Waals surface area contributed by atoms with Crippen LogP contribution in [0.1, 0.15) is 30.6 Å². The van der Waals surface area contributed by atoms with Gasteiger partial charge >= 0.3 is 0 Å². The molecule has 0 aliphatic rings. The Bertz CT molecular complexity index is 688. The average molecular weight is 362 g/mol. The standard InChI is InChI=1S/C19H23N3O2.ClH/c1-13(2)12-17(20)19(24)22-16-10-8-14(9-11-16)18(23)21-15-6-4-3-5-7-15;/h3-11,13,17H,12,20H2,1-2H3,(H,21,23)(H,22,24);1H/t17-;/m0./s1. The fraction of sp³-hybridized carbons (Fsp3) is 0.263. The van der Waals surface area contributed by atoms with Gasteiger partial charge < -0.3 is 16.4 Å². The Morgan fingerprint density at radius 3 is 2.04 bits per heavy atom. The summed E-state index contributed by atoms with van der Waals surface area (Å²) < 4.78 is 0. The first-order valence-electron chi connectivity index (χ1n) is 7.98. The zero-order valence-electron chi connectivity index (χ0n) is 14.4. The van der Waals surface area contributed by atoms with Gasteiger partial charge in [-0.25, -0.2) is 0 Å². The molecule has 2 amide bonds. The highest BCUT2D eigenvalue weighted by Crippen LogP contribution is 2.13. The van der Waals surface area contributed by atoms with Gasteiger partial charge in [-0.1, -0.05) is 32.0 Å². The molecule has 0 bridgehead atoms. The summed E-state index contributed by atoms with van der Waals surface area (Å²) in [5.74, 6) is -0.0596. The van der Waals surface area contributed by atoms with Crippen LogP contribution in [-0.4, -0.2) is 17.9 Å². The lowest BCUT2D eigenvalue weighted by atomic mass is 10.0. The Morgan fingerprint density at radius 1 is 0.920 bits per heavy atom. The molecule has 2 aromatic rings. The lowest BCUT2D eigenvalue weighted by Gasteiger charge is -2.14. The fourth-order valence-corrected chi connectivity index (χ4v) is 2.28. The molecule has 6 heteroatoms. The topological polar surface area (TPSA) is 84.2 Å². The van der Waals surface area contributed by atoms with Gasteiger partial charge in [0.2, 0.25) is 5.91 Å². The van der Waals surface area contributed by atoms with Gasteiger partial charge in [0.1, 0.15) is 0 Å². The van der Waals surface area contributed by atoms with Crippen LogP contribution in [-0.2, 0) is 4.79 Å². The minimum absolute atomic E-state index is 0. The second-order valence-corrected chi connectivity index (χ2v) is 6.12. The highest BCUT2D eigenvalue weighted by atomic mass is 35.5. The Hall–Kier alpha value is -2.37. The number of anilines is 2. The van der Waals surface area contributed by atoms with E-state index in [1.165, 1.54) is 0 Å². The highest BCUT2D eigenvalue weighted by molar-refractivity contribution is 6.04. The maximum Gasteiger partial charge on any atom is 0.255 e. The maximum absolute atomic E-state index is 12.2. The van der Waals surface area contributed by atoms with Gasteiger partial charge in [0.15, 0.2) is 0 Å². The molecule has 0 radical (unpaired) electrons.